The van der Waals surface area contributed by atoms with Gasteiger partial charge in [-0.3, -0.25) is 0 Å². The first kappa shape index (κ1) is 10.8. The first-order valence-corrected chi connectivity index (χ1v) is 5.31. The van der Waals surface area contributed by atoms with Gasteiger partial charge in [0, 0.05) is 5.69 Å². The highest BCUT2D eigenvalue weighted by Gasteiger charge is 2.11. The lowest BCUT2D eigenvalue weighted by Crippen LogP contribution is -2.03. The molecule has 0 spiro atoms. The van der Waals surface area contributed by atoms with Crippen LogP contribution in [0.3, 0.4) is 0 Å². The van der Waals surface area contributed by atoms with E-state index in [1.807, 2.05) is 13.8 Å². The molecule has 2 aromatic rings. The molecule has 84 valence electrons. The highest BCUT2D eigenvalue weighted by Crippen LogP contribution is 2.17. The number of rotatable bonds is 2. The van der Waals surface area contributed by atoms with Crippen molar-refractivity contribution in [3.63, 3.8) is 0 Å². The molecule has 4 heteroatoms. The summed E-state index contributed by atoms with van der Waals surface area (Å²) in [5.41, 5.74) is 3.20. The van der Waals surface area contributed by atoms with Gasteiger partial charge in [0.25, 0.3) is 0 Å². The molecule has 0 unspecified atom stereocenters. The van der Waals surface area contributed by atoms with Crippen LogP contribution in [0.1, 0.15) is 23.9 Å². The van der Waals surface area contributed by atoms with Gasteiger partial charge in [0.2, 0.25) is 5.95 Å². The first-order chi connectivity index (χ1) is 7.63. The van der Waals surface area contributed by atoms with Crippen molar-refractivity contribution in [1.82, 2.24) is 14.8 Å². The molecule has 0 saturated carbocycles. The number of aryl methyl sites for hydroxylation is 1. The van der Waals surface area contributed by atoms with Gasteiger partial charge >= 0.3 is 0 Å². The molecule has 0 aliphatic rings. The Bertz CT molecular complexity index is 517. The third kappa shape index (κ3) is 1.71. The van der Waals surface area contributed by atoms with E-state index in [0.29, 0.717) is 5.82 Å². The average Bonchev–Trinajstić information content (AvgIpc) is 2.54. The monoisotopic (exact) mass is 219 g/mol. The molecule has 3 nitrogen and oxygen atoms in total. The van der Waals surface area contributed by atoms with E-state index in [9.17, 15) is 4.39 Å². The lowest BCUT2D eigenvalue weighted by Gasteiger charge is -2.03. The van der Waals surface area contributed by atoms with Crippen LogP contribution in [0, 0.1) is 19.8 Å². The standard InChI is InChI=1S/C12H14FN3/c1-4-10-8(2)15-16(9(10)3)12-7-5-6-11(13)14-12/h5-7H,4H2,1-3H3. The number of hydrogen-bond donors (Lipinski definition) is 0. The summed E-state index contributed by atoms with van der Waals surface area (Å²) >= 11 is 0. The molecule has 0 amide bonds. The van der Waals surface area contributed by atoms with Gasteiger partial charge in [-0.1, -0.05) is 13.0 Å². The molecule has 0 N–H and O–H groups in total. The second-order valence-electron chi connectivity index (χ2n) is 3.73. The Labute approximate surface area is 93.9 Å². The number of halogens is 1. The lowest BCUT2D eigenvalue weighted by molar-refractivity contribution is 0.576. The zero-order chi connectivity index (χ0) is 11.7. The van der Waals surface area contributed by atoms with Crippen molar-refractivity contribution < 1.29 is 4.39 Å². The van der Waals surface area contributed by atoms with E-state index < -0.39 is 5.95 Å². The molecular weight excluding hydrogens is 205 g/mol. The van der Waals surface area contributed by atoms with Crippen molar-refractivity contribution in [3.05, 3.63) is 41.1 Å². The molecule has 0 radical (unpaired) electrons. The van der Waals surface area contributed by atoms with E-state index in [2.05, 4.69) is 17.0 Å². The van der Waals surface area contributed by atoms with Crippen LogP contribution in [-0.4, -0.2) is 14.8 Å². The topological polar surface area (TPSA) is 30.7 Å². The Morgan fingerprint density at radius 1 is 1.31 bits per heavy atom. The summed E-state index contributed by atoms with van der Waals surface area (Å²) in [6, 6.07) is 4.72. The van der Waals surface area contributed by atoms with Gasteiger partial charge < -0.3 is 0 Å². The minimum Gasteiger partial charge on any atom is -0.219 e. The van der Waals surface area contributed by atoms with Crippen LogP contribution in [0.25, 0.3) is 5.82 Å². The zero-order valence-corrected chi connectivity index (χ0v) is 9.66. The summed E-state index contributed by atoms with van der Waals surface area (Å²) in [5, 5.41) is 4.38. The predicted octanol–water partition coefficient (Wildman–Crippen LogP) is 2.59. The van der Waals surface area contributed by atoms with E-state index in [4.69, 9.17) is 0 Å². The van der Waals surface area contributed by atoms with E-state index >= 15 is 0 Å². The highest BCUT2D eigenvalue weighted by molar-refractivity contribution is 5.32. The quantitative estimate of drug-likeness (QED) is 0.727. The zero-order valence-electron chi connectivity index (χ0n) is 9.66. The maximum Gasteiger partial charge on any atom is 0.214 e. The smallest absolute Gasteiger partial charge is 0.214 e. The summed E-state index contributed by atoms with van der Waals surface area (Å²) < 4.78 is 14.7. The third-order valence-corrected chi connectivity index (χ3v) is 2.71. The Morgan fingerprint density at radius 2 is 2.06 bits per heavy atom. The predicted molar refractivity (Wildman–Crippen MR) is 60.2 cm³/mol. The van der Waals surface area contributed by atoms with Gasteiger partial charge in [-0.2, -0.15) is 9.49 Å². The SMILES string of the molecule is CCc1c(C)nn(-c2cccc(F)n2)c1C. The minimum atomic E-state index is -0.483. The van der Waals surface area contributed by atoms with Crippen LogP contribution in [0.4, 0.5) is 4.39 Å². The lowest BCUT2D eigenvalue weighted by atomic mass is 10.1. The summed E-state index contributed by atoms with van der Waals surface area (Å²) in [6.07, 6.45) is 0.924. The molecular formula is C12H14FN3. The van der Waals surface area contributed by atoms with Crippen LogP contribution in [0.2, 0.25) is 0 Å². The summed E-state index contributed by atoms with van der Waals surface area (Å²) in [7, 11) is 0. The van der Waals surface area contributed by atoms with E-state index in [1.54, 1.807) is 16.8 Å². The van der Waals surface area contributed by atoms with E-state index in [-0.39, 0.29) is 0 Å². The summed E-state index contributed by atoms with van der Waals surface area (Å²) in [4.78, 5) is 3.83. The van der Waals surface area contributed by atoms with E-state index in [0.717, 1.165) is 17.8 Å². The second-order valence-corrected chi connectivity index (χ2v) is 3.73. The molecule has 0 saturated heterocycles. The maximum atomic E-state index is 13.0. The van der Waals surface area contributed by atoms with Crippen molar-refractivity contribution in [2.24, 2.45) is 0 Å². The number of pyridine rings is 1. The number of hydrogen-bond acceptors (Lipinski definition) is 2. The molecule has 0 fully saturated rings. The van der Waals surface area contributed by atoms with Gasteiger partial charge in [0.1, 0.15) is 0 Å². The van der Waals surface area contributed by atoms with Crippen molar-refractivity contribution >= 4 is 0 Å². The Kier molecular flexibility index (Phi) is 2.73. The van der Waals surface area contributed by atoms with Crippen LogP contribution in [-0.2, 0) is 6.42 Å². The van der Waals surface area contributed by atoms with Gasteiger partial charge in [-0.25, -0.2) is 9.67 Å². The number of aromatic nitrogens is 3. The molecule has 16 heavy (non-hydrogen) atoms. The maximum absolute atomic E-state index is 13.0. The molecule has 0 bridgehead atoms. The fourth-order valence-electron chi connectivity index (χ4n) is 1.93. The summed E-state index contributed by atoms with van der Waals surface area (Å²) in [6.45, 7) is 6.02. The Hall–Kier alpha value is -1.71. The molecule has 0 aliphatic carbocycles. The number of nitrogens with zero attached hydrogens (tertiary/aromatic N) is 3. The van der Waals surface area contributed by atoms with Gasteiger partial charge in [-0.05, 0) is 38.0 Å². The van der Waals surface area contributed by atoms with Gasteiger partial charge in [-0.15, -0.1) is 0 Å². The fourth-order valence-corrected chi connectivity index (χ4v) is 1.93. The van der Waals surface area contributed by atoms with Crippen LogP contribution < -0.4 is 0 Å². The highest BCUT2D eigenvalue weighted by atomic mass is 19.1. The van der Waals surface area contributed by atoms with Gasteiger partial charge in [0.05, 0.1) is 5.69 Å². The van der Waals surface area contributed by atoms with Crippen molar-refractivity contribution in [2.75, 3.05) is 0 Å². The second kappa shape index (κ2) is 4.04. The molecule has 0 atom stereocenters. The first-order valence-electron chi connectivity index (χ1n) is 5.31. The Balaban J connectivity index is 2.56. The fraction of sp³-hybridized carbons (Fsp3) is 0.333. The molecule has 0 aromatic carbocycles. The van der Waals surface area contributed by atoms with Crippen molar-refractivity contribution in [1.29, 1.82) is 0 Å². The van der Waals surface area contributed by atoms with E-state index in [1.165, 1.54) is 11.6 Å². The normalized spacial score (nSPS) is 10.8. The molecule has 2 rings (SSSR count). The van der Waals surface area contributed by atoms with Crippen molar-refractivity contribution in [3.8, 4) is 5.82 Å². The molecule has 2 aromatic heterocycles. The van der Waals surface area contributed by atoms with Crippen LogP contribution in [0.5, 0.6) is 0 Å². The Morgan fingerprint density at radius 3 is 2.62 bits per heavy atom. The average molecular weight is 219 g/mol. The largest absolute Gasteiger partial charge is 0.219 e. The molecule has 0 aliphatic heterocycles. The third-order valence-electron chi connectivity index (χ3n) is 2.71. The summed E-state index contributed by atoms with van der Waals surface area (Å²) in [5.74, 6) is 0.0448. The van der Waals surface area contributed by atoms with Gasteiger partial charge in [0.15, 0.2) is 5.82 Å². The van der Waals surface area contributed by atoms with Crippen LogP contribution in [0.15, 0.2) is 18.2 Å². The van der Waals surface area contributed by atoms with Crippen molar-refractivity contribution in [2.45, 2.75) is 27.2 Å². The minimum absolute atomic E-state index is 0.483. The molecule has 2 heterocycles. The van der Waals surface area contributed by atoms with Crippen LogP contribution >= 0.6 is 0 Å².